The summed E-state index contributed by atoms with van der Waals surface area (Å²) in [6, 6.07) is 8.37. The van der Waals surface area contributed by atoms with E-state index < -0.39 is 0 Å². The minimum Gasteiger partial charge on any atom is -0.486 e. The molecule has 0 N–H and O–H groups in total. The lowest BCUT2D eigenvalue weighted by Crippen LogP contribution is -2.36. The van der Waals surface area contributed by atoms with Crippen LogP contribution in [0.5, 0.6) is 5.75 Å². The Morgan fingerprint density at radius 1 is 1.21 bits per heavy atom. The van der Waals surface area contributed by atoms with Crippen LogP contribution in [0.2, 0.25) is 0 Å². The Kier molecular flexibility index (Phi) is 1.40. The minimum atomic E-state index is -0.0380. The average Bonchev–Trinajstić information content (AvgIpc) is 2.61. The van der Waals surface area contributed by atoms with Crippen molar-refractivity contribution < 1.29 is 4.74 Å². The van der Waals surface area contributed by atoms with E-state index in [2.05, 4.69) is 44.2 Å². The highest BCUT2D eigenvalue weighted by Crippen LogP contribution is 2.52. The van der Waals surface area contributed by atoms with Crippen molar-refractivity contribution in [1.29, 1.82) is 0 Å². The van der Waals surface area contributed by atoms with Gasteiger partial charge in [0.05, 0.1) is 0 Å². The monoisotopic (exact) mass is 186 g/mol. The summed E-state index contributed by atoms with van der Waals surface area (Å²) in [5, 5.41) is 0. The smallest absolute Gasteiger partial charge is 0.124 e. The second-order valence-electron chi connectivity index (χ2n) is 4.47. The van der Waals surface area contributed by atoms with E-state index in [1.165, 1.54) is 5.56 Å². The number of benzene rings is 1. The molecule has 0 radical (unpaired) electrons. The zero-order valence-corrected chi connectivity index (χ0v) is 8.53. The molecule has 1 heteroatoms. The molecule has 0 saturated heterocycles. The molecular weight excluding hydrogens is 172 g/mol. The van der Waals surface area contributed by atoms with Gasteiger partial charge in [-0.25, -0.2) is 0 Å². The summed E-state index contributed by atoms with van der Waals surface area (Å²) in [6.45, 7) is 4.44. The Balaban J connectivity index is 2.16. The van der Waals surface area contributed by atoms with E-state index in [-0.39, 0.29) is 5.60 Å². The molecule has 0 unspecified atom stereocenters. The van der Waals surface area contributed by atoms with E-state index >= 15 is 0 Å². The van der Waals surface area contributed by atoms with Crippen LogP contribution in [0.25, 0.3) is 0 Å². The average molecular weight is 186 g/mol. The maximum atomic E-state index is 6.07. The van der Waals surface area contributed by atoms with Crippen LogP contribution in [0, 0.1) is 5.92 Å². The van der Waals surface area contributed by atoms with Crippen molar-refractivity contribution in [2.75, 3.05) is 0 Å². The molecule has 1 heterocycles. The molecule has 0 saturated carbocycles. The summed E-state index contributed by atoms with van der Waals surface area (Å²) in [5.74, 6) is 2.02. The van der Waals surface area contributed by atoms with Gasteiger partial charge in [0, 0.05) is 17.4 Å². The third-order valence-electron chi connectivity index (χ3n) is 3.70. The number of hydrogen-bond acceptors (Lipinski definition) is 1. The van der Waals surface area contributed by atoms with Gasteiger partial charge < -0.3 is 4.74 Å². The summed E-state index contributed by atoms with van der Waals surface area (Å²) in [5.41, 5.74) is 1.31. The number of rotatable bonds is 0. The molecule has 2 aliphatic rings. The predicted molar refractivity (Wildman–Crippen MR) is 56.5 cm³/mol. The van der Waals surface area contributed by atoms with Gasteiger partial charge in [0.1, 0.15) is 11.4 Å². The van der Waals surface area contributed by atoms with Crippen molar-refractivity contribution in [3.05, 3.63) is 42.0 Å². The zero-order chi connectivity index (χ0) is 9.76. The van der Waals surface area contributed by atoms with Crippen molar-refractivity contribution in [2.24, 2.45) is 5.92 Å². The molecule has 72 valence electrons. The second-order valence-corrected chi connectivity index (χ2v) is 4.47. The maximum Gasteiger partial charge on any atom is 0.124 e. The van der Waals surface area contributed by atoms with Gasteiger partial charge in [0.25, 0.3) is 0 Å². The van der Waals surface area contributed by atoms with Gasteiger partial charge in [0.15, 0.2) is 0 Å². The molecule has 1 aliphatic heterocycles. The molecule has 3 atom stereocenters. The number of hydrogen-bond donors (Lipinski definition) is 0. The summed E-state index contributed by atoms with van der Waals surface area (Å²) in [7, 11) is 0. The van der Waals surface area contributed by atoms with Crippen molar-refractivity contribution in [1.82, 2.24) is 0 Å². The first-order valence-corrected chi connectivity index (χ1v) is 5.18. The molecule has 1 aromatic rings. The number of ether oxygens (including phenoxy) is 1. The van der Waals surface area contributed by atoms with Crippen LogP contribution in [0.3, 0.4) is 0 Å². The van der Waals surface area contributed by atoms with Crippen LogP contribution in [-0.2, 0) is 0 Å². The molecule has 0 spiro atoms. The SMILES string of the molecule is C[C@@H]1C=C[C@H]2c3ccccc3O[C@]12C. The highest BCUT2D eigenvalue weighted by atomic mass is 16.5. The topological polar surface area (TPSA) is 9.23 Å². The fourth-order valence-electron chi connectivity index (χ4n) is 2.58. The standard InChI is InChI=1S/C13H14O/c1-9-7-8-11-10-5-3-4-6-12(10)14-13(9,11)2/h3-9,11H,1-2H3/t9-,11+,13-/m1/s1. The van der Waals surface area contributed by atoms with Crippen LogP contribution in [0.1, 0.15) is 25.3 Å². The van der Waals surface area contributed by atoms with Crippen molar-refractivity contribution >= 4 is 0 Å². The first kappa shape index (κ1) is 8.10. The van der Waals surface area contributed by atoms with Gasteiger partial charge >= 0.3 is 0 Å². The molecule has 1 nitrogen and oxygen atoms in total. The fraction of sp³-hybridized carbons (Fsp3) is 0.385. The van der Waals surface area contributed by atoms with E-state index in [9.17, 15) is 0 Å². The lowest BCUT2D eigenvalue weighted by molar-refractivity contribution is 0.0745. The van der Waals surface area contributed by atoms with Gasteiger partial charge in [-0.1, -0.05) is 37.3 Å². The Morgan fingerprint density at radius 3 is 2.86 bits per heavy atom. The third-order valence-corrected chi connectivity index (χ3v) is 3.70. The van der Waals surface area contributed by atoms with E-state index in [0.717, 1.165) is 5.75 Å². The number of para-hydroxylation sites is 1. The number of fused-ring (bicyclic) bond motifs is 3. The van der Waals surface area contributed by atoms with Crippen LogP contribution in [-0.4, -0.2) is 5.60 Å². The van der Waals surface area contributed by atoms with Crippen molar-refractivity contribution in [3.8, 4) is 5.75 Å². The first-order chi connectivity index (χ1) is 6.72. The molecule has 14 heavy (non-hydrogen) atoms. The van der Waals surface area contributed by atoms with E-state index in [4.69, 9.17) is 4.74 Å². The third kappa shape index (κ3) is 0.802. The summed E-state index contributed by atoms with van der Waals surface area (Å²) < 4.78 is 6.07. The zero-order valence-electron chi connectivity index (χ0n) is 8.53. The van der Waals surface area contributed by atoms with Crippen LogP contribution < -0.4 is 4.74 Å². The highest BCUT2D eigenvalue weighted by molar-refractivity contribution is 5.48. The molecule has 0 aromatic heterocycles. The first-order valence-electron chi connectivity index (χ1n) is 5.18. The van der Waals surface area contributed by atoms with E-state index in [1.807, 2.05) is 6.07 Å². The van der Waals surface area contributed by atoms with Crippen molar-refractivity contribution in [3.63, 3.8) is 0 Å². The fourth-order valence-corrected chi connectivity index (χ4v) is 2.58. The Bertz CT molecular complexity index is 407. The quantitative estimate of drug-likeness (QED) is 0.566. The summed E-state index contributed by atoms with van der Waals surface area (Å²) in [6.07, 6.45) is 4.55. The lowest BCUT2D eigenvalue weighted by atomic mass is 9.84. The largest absolute Gasteiger partial charge is 0.486 e. The summed E-state index contributed by atoms with van der Waals surface area (Å²) in [4.78, 5) is 0. The molecule has 0 fully saturated rings. The van der Waals surface area contributed by atoms with Gasteiger partial charge in [-0.3, -0.25) is 0 Å². The molecule has 1 aliphatic carbocycles. The normalized spacial score (nSPS) is 37.9. The molecular formula is C13H14O. The minimum absolute atomic E-state index is 0.0380. The van der Waals surface area contributed by atoms with E-state index in [0.29, 0.717) is 11.8 Å². The van der Waals surface area contributed by atoms with Gasteiger partial charge in [-0.05, 0) is 13.0 Å². The van der Waals surface area contributed by atoms with Crippen LogP contribution in [0.15, 0.2) is 36.4 Å². The van der Waals surface area contributed by atoms with E-state index in [1.54, 1.807) is 0 Å². The Hall–Kier alpha value is -1.24. The van der Waals surface area contributed by atoms with Crippen LogP contribution >= 0.6 is 0 Å². The summed E-state index contributed by atoms with van der Waals surface area (Å²) >= 11 is 0. The Morgan fingerprint density at radius 2 is 2.00 bits per heavy atom. The Labute approximate surface area is 84.4 Å². The lowest BCUT2D eigenvalue weighted by Gasteiger charge is -2.28. The molecule has 0 amide bonds. The van der Waals surface area contributed by atoms with Gasteiger partial charge in [-0.15, -0.1) is 0 Å². The van der Waals surface area contributed by atoms with Gasteiger partial charge in [-0.2, -0.15) is 0 Å². The van der Waals surface area contributed by atoms with Crippen molar-refractivity contribution in [2.45, 2.75) is 25.4 Å². The maximum absolute atomic E-state index is 6.07. The van der Waals surface area contributed by atoms with Gasteiger partial charge in [0.2, 0.25) is 0 Å². The molecule has 1 aromatic carbocycles. The molecule has 0 bridgehead atoms. The second kappa shape index (κ2) is 2.41. The van der Waals surface area contributed by atoms with Crippen LogP contribution in [0.4, 0.5) is 0 Å². The highest BCUT2D eigenvalue weighted by Gasteiger charge is 2.49. The predicted octanol–water partition coefficient (Wildman–Crippen LogP) is 3.13. The molecule has 3 rings (SSSR count).